The van der Waals surface area contributed by atoms with Crippen molar-refractivity contribution in [2.24, 2.45) is 4.99 Å². The van der Waals surface area contributed by atoms with E-state index in [1.807, 2.05) is 165 Å². The number of furan rings is 2. The maximum absolute atomic E-state index is 7.13. The number of benzene rings is 6. The van der Waals surface area contributed by atoms with Crippen LogP contribution in [0.3, 0.4) is 0 Å². The minimum Gasteiger partial charge on any atom is -0.454 e. The zero-order valence-corrected chi connectivity index (χ0v) is 48.7. The van der Waals surface area contributed by atoms with Gasteiger partial charge in [0.15, 0.2) is 22.8 Å². The minimum atomic E-state index is 0.552. The summed E-state index contributed by atoms with van der Waals surface area (Å²) in [5.74, 6) is 1.19. The van der Waals surface area contributed by atoms with Crippen LogP contribution in [0.2, 0.25) is 0 Å². The molecule has 0 bridgehead atoms. The van der Waals surface area contributed by atoms with E-state index in [0.717, 1.165) is 117 Å². The smallest absolute Gasteiger partial charge is 0.163 e. The molecule has 90 heavy (non-hydrogen) atoms. The molecule has 10 heterocycles. The van der Waals surface area contributed by atoms with E-state index >= 15 is 0 Å². The van der Waals surface area contributed by atoms with Crippen LogP contribution in [0.4, 0.5) is 0 Å². The lowest BCUT2D eigenvalue weighted by Gasteiger charge is -2.17. The molecule has 0 aliphatic rings. The zero-order chi connectivity index (χ0) is 60.3. The molecule has 0 unspecified atom stereocenters. The predicted octanol–water partition coefficient (Wildman–Crippen LogP) is 18.5. The molecule has 13 nitrogen and oxygen atoms in total. The Labute approximate surface area is 517 Å². The van der Waals surface area contributed by atoms with Gasteiger partial charge in [-0.1, -0.05) is 133 Å². The Morgan fingerprint density at radius 3 is 1.09 bits per heavy atom. The molecule has 0 spiro atoms. The minimum absolute atomic E-state index is 0.552. The van der Waals surface area contributed by atoms with Gasteiger partial charge in [-0.15, -0.1) is 0 Å². The Balaban J connectivity index is 0.00000164. The van der Waals surface area contributed by atoms with Gasteiger partial charge in [0.05, 0.1) is 39.7 Å². The Kier molecular flexibility index (Phi) is 14.4. The lowest BCUT2D eigenvalue weighted by molar-refractivity contribution is 0.663. The Bertz CT molecular complexity index is 4830. The van der Waals surface area contributed by atoms with Crippen LogP contribution in [0.1, 0.15) is 6.92 Å². The van der Waals surface area contributed by atoms with Crippen molar-refractivity contribution >= 4 is 50.2 Å². The summed E-state index contributed by atoms with van der Waals surface area (Å²) < 4.78 is 14.2. The van der Waals surface area contributed by atoms with Gasteiger partial charge in [-0.05, 0) is 109 Å². The molecule has 426 valence electrons. The summed E-state index contributed by atoms with van der Waals surface area (Å²) in [6, 6.07) is 73.2. The van der Waals surface area contributed by atoms with E-state index in [1.165, 1.54) is 0 Å². The zero-order valence-electron chi connectivity index (χ0n) is 48.7. The van der Waals surface area contributed by atoms with Crippen LogP contribution >= 0.6 is 0 Å². The quantitative estimate of drug-likeness (QED) is 0.113. The van der Waals surface area contributed by atoms with Gasteiger partial charge in [0.1, 0.15) is 22.4 Å². The fourth-order valence-electron chi connectivity index (χ4n) is 11.5. The normalized spacial score (nSPS) is 11.4. The van der Waals surface area contributed by atoms with Crippen molar-refractivity contribution in [1.82, 2.24) is 49.8 Å². The number of fused-ring (bicyclic) bond motifs is 6. The van der Waals surface area contributed by atoms with Gasteiger partial charge in [-0.2, -0.15) is 0 Å². The van der Waals surface area contributed by atoms with E-state index in [4.69, 9.17) is 38.7 Å². The van der Waals surface area contributed by atoms with E-state index < -0.39 is 0 Å². The molecule has 0 fully saturated rings. The van der Waals surface area contributed by atoms with Crippen molar-refractivity contribution < 1.29 is 8.83 Å². The van der Waals surface area contributed by atoms with E-state index in [0.29, 0.717) is 50.8 Å². The van der Waals surface area contributed by atoms with Crippen LogP contribution in [-0.2, 0) is 0 Å². The van der Waals surface area contributed by atoms with Crippen LogP contribution in [0.25, 0.3) is 168 Å². The molecule has 16 aromatic rings. The molecule has 0 atom stereocenters. The topological polar surface area (TPSA) is 168 Å². The fourth-order valence-corrected chi connectivity index (χ4v) is 11.5. The SMILES string of the molecule is CC=NC.c1ccc(-c2cc3c(oc4ccc(-c5c(-c6ccncc6)nc(-c6ccccc6)nc5-c5ccncc5)cc43)c(-c3cc(-c4ccccc4)nc4c3oc3ccc(-c5c(-c6ccncc6)nc(-c6ccccc6)nc5-c5ccncc5)cc34)n2)cc1. The highest BCUT2D eigenvalue weighted by molar-refractivity contribution is 6.16. The van der Waals surface area contributed by atoms with Gasteiger partial charge in [0.2, 0.25) is 0 Å². The van der Waals surface area contributed by atoms with Crippen LogP contribution in [-0.4, -0.2) is 63.1 Å². The summed E-state index contributed by atoms with van der Waals surface area (Å²) in [7, 11) is 1.75. The monoisotopic (exact) mass is 1160 g/mol. The second-order valence-corrected chi connectivity index (χ2v) is 21.3. The average molecular weight is 1160 g/mol. The summed E-state index contributed by atoms with van der Waals surface area (Å²) in [6.07, 6.45) is 16.1. The van der Waals surface area contributed by atoms with E-state index in [-0.39, 0.29) is 0 Å². The highest BCUT2D eigenvalue weighted by atomic mass is 16.3. The van der Waals surface area contributed by atoms with Gasteiger partial charge < -0.3 is 13.8 Å². The molecule has 0 saturated carbocycles. The van der Waals surface area contributed by atoms with E-state index in [9.17, 15) is 0 Å². The van der Waals surface area contributed by atoms with Crippen LogP contribution in [0.5, 0.6) is 0 Å². The van der Waals surface area contributed by atoms with Crippen molar-refractivity contribution in [2.45, 2.75) is 6.92 Å². The highest BCUT2D eigenvalue weighted by Crippen LogP contribution is 2.47. The number of aromatic nitrogens is 10. The van der Waals surface area contributed by atoms with E-state index in [2.05, 4.69) is 85.6 Å². The van der Waals surface area contributed by atoms with E-state index in [1.54, 1.807) is 62.8 Å². The van der Waals surface area contributed by atoms with Crippen molar-refractivity contribution in [3.05, 3.63) is 268 Å². The van der Waals surface area contributed by atoms with Crippen molar-refractivity contribution in [1.29, 1.82) is 0 Å². The van der Waals surface area contributed by atoms with Gasteiger partial charge in [0.25, 0.3) is 0 Å². The molecule has 16 rings (SSSR count). The molecule has 0 aliphatic heterocycles. The molecule has 13 heteroatoms. The average Bonchev–Trinajstić information content (AvgIpc) is 1.55. The summed E-state index contributed by atoms with van der Waals surface area (Å²) in [4.78, 5) is 53.6. The lowest BCUT2D eigenvalue weighted by atomic mass is 9.93. The maximum Gasteiger partial charge on any atom is 0.163 e. The molecule has 0 amide bonds. The molecule has 0 N–H and O–H groups in total. The van der Waals surface area contributed by atoms with Crippen molar-refractivity contribution in [3.8, 4) is 124 Å². The third-order valence-electron chi connectivity index (χ3n) is 15.8. The molecule has 0 radical (unpaired) electrons. The summed E-state index contributed by atoms with van der Waals surface area (Å²) in [5.41, 5.74) is 19.5. The van der Waals surface area contributed by atoms with Gasteiger partial charge in [0, 0.05) is 128 Å². The molecule has 10 aromatic heterocycles. The fraction of sp³-hybridized carbons (Fsp3) is 0.0260. The molecule has 0 aliphatic carbocycles. The number of hydrogen-bond acceptors (Lipinski definition) is 13. The first-order valence-corrected chi connectivity index (χ1v) is 29.3. The van der Waals surface area contributed by atoms with Gasteiger partial charge in [-0.3, -0.25) is 19.9 Å². The maximum atomic E-state index is 7.13. The Hall–Kier alpha value is -12.4. The number of rotatable bonds is 11. The third kappa shape index (κ3) is 10.3. The summed E-state index contributed by atoms with van der Waals surface area (Å²) in [5, 5.41) is 2.54. The first-order valence-electron chi connectivity index (χ1n) is 29.3. The molecular weight excluding hydrogens is 1110 g/mol. The van der Waals surface area contributed by atoms with Crippen molar-refractivity contribution in [2.75, 3.05) is 7.05 Å². The van der Waals surface area contributed by atoms with Crippen LogP contribution in [0.15, 0.2) is 282 Å². The third-order valence-corrected chi connectivity index (χ3v) is 15.8. The van der Waals surface area contributed by atoms with Gasteiger partial charge >= 0.3 is 0 Å². The van der Waals surface area contributed by atoms with Crippen LogP contribution in [0, 0.1) is 0 Å². The number of aliphatic imine (C=N–C) groups is 1. The predicted molar refractivity (Wildman–Crippen MR) is 359 cm³/mol. The number of pyridine rings is 6. The van der Waals surface area contributed by atoms with Crippen molar-refractivity contribution in [3.63, 3.8) is 0 Å². The van der Waals surface area contributed by atoms with Gasteiger partial charge in [-0.25, -0.2) is 29.9 Å². The number of nitrogens with zero attached hydrogens (tertiary/aromatic N) is 11. The second kappa shape index (κ2) is 23.8. The second-order valence-electron chi connectivity index (χ2n) is 21.3. The molecule has 6 aromatic carbocycles. The lowest BCUT2D eigenvalue weighted by Crippen LogP contribution is -2.01. The van der Waals surface area contributed by atoms with Crippen LogP contribution < -0.4 is 0 Å². The Morgan fingerprint density at radius 1 is 0.311 bits per heavy atom. The summed E-state index contributed by atoms with van der Waals surface area (Å²) >= 11 is 0. The largest absolute Gasteiger partial charge is 0.454 e. The summed E-state index contributed by atoms with van der Waals surface area (Å²) in [6.45, 7) is 1.89. The molecule has 0 saturated heterocycles. The first-order chi connectivity index (χ1) is 44.5. The Morgan fingerprint density at radius 2 is 0.678 bits per heavy atom. The highest BCUT2D eigenvalue weighted by Gasteiger charge is 2.27. The first kappa shape index (κ1) is 54.3. The standard InChI is InChI=1S/C74H44N10O2.C3H7N/c1-5-13-45(14-6-1)59-43-56-55-41-53(63-65(47-25-33-75-34-26-47)81-73(51-17-9-3-10-18-51)82-66(63)48-27-35-76-36-28-48)21-23-61(55)85-71(56)70(80-59)58-44-60(46-15-7-2-8-16-46)79-69-57-42-54(22-24-62(57)86-72(58)69)64-67(49-29-37-77-38-30-49)83-74(52-19-11-4-12-20-52)84-68(64)50-31-39-78-40-32-50;1-3-4-2/h1-44H;3H,1-2H3. The molecular formula is C77H51N11O2. The number of hydrogen-bond donors (Lipinski definition) is 0.